The van der Waals surface area contributed by atoms with Gasteiger partial charge in [0.1, 0.15) is 0 Å². The molecule has 2 rings (SSSR count). The van der Waals surface area contributed by atoms with Gasteiger partial charge in [0.05, 0.1) is 5.41 Å². The summed E-state index contributed by atoms with van der Waals surface area (Å²) in [7, 11) is 0. The normalized spacial score (nSPS) is 15.8. The van der Waals surface area contributed by atoms with Crippen molar-refractivity contribution < 1.29 is 9.59 Å². The largest absolute Gasteiger partial charge is 0.352 e. The molecule has 2 amide bonds. The average molecular weight is 260 g/mol. The van der Waals surface area contributed by atoms with Gasteiger partial charge in [-0.3, -0.25) is 9.59 Å². The van der Waals surface area contributed by atoms with Gasteiger partial charge in [-0.05, 0) is 37.5 Å². The first kappa shape index (κ1) is 13.6. The van der Waals surface area contributed by atoms with Gasteiger partial charge in [0.25, 0.3) is 0 Å². The summed E-state index contributed by atoms with van der Waals surface area (Å²) in [5, 5.41) is 5.76. The first-order valence-electron chi connectivity index (χ1n) is 6.66. The minimum atomic E-state index is -0.501. The summed E-state index contributed by atoms with van der Waals surface area (Å²) >= 11 is 0. The van der Waals surface area contributed by atoms with Crippen LogP contribution in [0.15, 0.2) is 18.2 Å². The second kappa shape index (κ2) is 5.03. The van der Waals surface area contributed by atoms with Crippen LogP contribution in [0.2, 0.25) is 0 Å². The summed E-state index contributed by atoms with van der Waals surface area (Å²) in [6, 6.07) is 5.84. The zero-order valence-corrected chi connectivity index (χ0v) is 11.7. The molecule has 0 unspecified atom stereocenters. The van der Waals surface area contributed by atoms with Crippen molar-refractivity contribution in [3.63, 3.8) is 0 Å². The summed E-state index contributed by atoms with van der Waals surface area (Å²) in [6.45, 7) is 6.31. The van der Waals surface area contributed by atoms with E-state index >= 15 is 0 Å². The van der Waals surface area contributed by atoms with E-state index in [1.165, 1.54) is 0 Å². The number of nitrogens with one attached hydrogen (secondary N) is 2. The van der Waals surface area contributed by atoms with Crippen molar-refractivity contribution >= 4 is 17.5 Å². The summed E-state index contributed by atoms with van der Waals surface area (Å²) < 4.78 is 0. The number of carbonyl (C=O) groups excluding carboxylic acids is 2. The van der Waals surface area contributed by atoms with Gasteiger partial charge in [-0.25, -0.2) is 0 Å². The Morgan fingerprint density at radius 1 is 1.37 bits per heavy atom. The number of anilines is 1. The maximum atomic E-state index is 11.8. The molecule has 1 aromatic carbocycles. The van der Waals surface area contributed by atoms with E-state index in [2.05, 4.69) is 10.6 Å². The molecule has 4 nitrogen and oxygen atoms in total. The molecule has 0 bridgehead atoms. The molecule has 0 spiro atoms. The number of carbonyl (C=O) groups is 2. The fourth-order valence-electron chi connectivity index (χ4n) is 2.24. The number of amides is 2. The Bertz CT molecular complexity index is 521. The Morgan fingerprint density at radius 2 is 2.11 bits per heavy atom. The predicted octanol–water partition coefficient (Wildman–Crippen LogP) is 2.33. The SMILES string of the molecule is CCCC(=O)NCc1ccc2c(c1)C(C)(C)C(=O)N2. The Morgan fingerprint density at radius 3 is 2.79 bits per heavy atom. The number of fused-ring (bicyclic) bond motifs is 1. The zero-order chi connectivity index (χ0) is 14.0. The monoisotopic (exact) mass is 260 g/mol. The van der Waals surface area contributed by atoms with Gasteiger partial charge < -0.3 is 10.6 Å². The van der Waals surface area contributed by atoms with Crippen LogP contribution in [0.25, 0.3) is 0 Å². The average Bonchev–Trinajstić information content (AvgIpc) is 2.59. The van der Waals surface area contributed by atoms with Gasteiger partial charge in [0.15, 0.2) is 0 Å². The molecule has 1 aromatic rings. The van der Waals surface area contributed by atoms with Crippen LogP contribution in [-0.4, -0.2) is 11.8 Å². The van der Waals surface area contributed by atoms with E-state index in [1.54, 1.807) is 0 Å². The molecule has 0 atom stereocenters. The minimum absolute atomic E-state index is 0.0228. The van der Waals surface area contributed by atoms with Gasteiger partial charge in [0.2, 0.25) is 11.8 Å². The lowest BCUT2D eigenvalue weighted by Crippen LogP contribution is -2.27. The quantitative estimate of drug-likeness (QED) is 0.873. The van der Waals surface area contributed by atoms with Gasteiger partial charge >= 0.3 is 0 Å². The number of rotatable bonds is 4. The lowest BCUT2D eigenvalue weighted by Gasteiger charge is -2.16. The summed E-state index contributed by atoms with van der Waals surface area (Å²) in [5.74, 6) is 0.0890. The van der Waals surface area contributed by atoms with Crippen molar-refractivity contribution in [3.05, 3.63) is 29.3 Å². The van der Waals surface area contributed by atoms with E-state index in [1.807, 2.05) is 39.0 Å². The Hall–Kier alpha value is -1.84. The van der Waals surface area contributed by atoms with E-state index in [9.17, 15) is 9.59 Å². The smallest absolute Gasteiger partial charge is 0.234 e. The van der Waals surface area contributed by atoms with Crippen LogP contribution >= 0.6 is 0 Å². The van der Waals surface area contributed by atoms with Gasteiger partial charge in [-0.1, -0.05) is 19.1 Å². The van der Waals surface area contributed by atoms with Crippen molar-refractivity contribution in [2.24, 2.45) is 0 Å². The third-order valence-corrected chi connectivity index (χ3v) is 3.54. The fraction of sp³-hybridized carbons (Fsp3) is 0.467. The van der Waals surface area contributed by atoms with Crippen molar-refractivity contribution in [1.29, 1.82) is 0 Å². The molecule has 4 heteroatoms. The van der Waals surface area contributed by atoms with Crippen molar-refractivity contribution in [1.82, 2.24) is 5.32 Å². The van der Waals surface area contributed by atoms with Crippen LogP contribution in [0, 0.1) is 0 Å². The third kappa shape index (κ3) is 2.62. The van der Waals surface area contributed by atoms with E-state index in [0.717, 1.165) is 23.2 Å². The van der Waals surface area contributed by atoms with E-state index < -0.39 is 5.41 Å². The third-order valence-electron chi connectivity index (χ3n) is 3.54. The highest BCUT2D eigenvalue weighted by Gasteiger charge is 2.38. The summed E-state index contributed by atoms with van der Waals surface area (Å²) in [5.41, 5.74) is 2.39. The Labute approximate surface area is 113 Å². The number of hydrogen-bond donors (Lipinski definition) is 2. The molecule has 0 radical (unpaired) electrons. The molecule has 0 aromatic heterocycles. The molecule has 1 heterocycles. The topological polar surface area (TPSA) is 58.2 Å². The molecule has 0 saturated heterocycles. The molecule has 0 saturated carbocycles. The molecule has 0 fully saturated rings. The first-order chi connectivity index (χ1) is 8.95. The van der Waals surface area contributed by atoms with Crippen LogP contribution in [0.5, 0.6) is 0 Å². The van der Waals surface area contributed by atoms with E-state index in [0.29, 0.717) is 13.0 Å². The Balaban J connectivity index is 2.12. The lowest BCUT2D eigenvalue weighted by atomic mass is 9.85. The van der Waals surface area contributed by atoms with Crippen LogP contribution in [-0.2, 0) is 21.5 Å². The molecule has 0 aliphatic carbocycles. The first-order valence-corrected chi connectivity index (χ1v) is 6.66. The highest BCUT2D eigenvalue weighted by molar-refractivity contribution is 6.05. The highest BCUT2D eigenvalue weighted by atomic mass is 16.2. The van der Waals surface area contributed by atoms with Crippen molar-refractivity contribution in [3.8, 4) is 0 Å². The number of benzene rings is 1. The lowest BCUT2D eigenvalue weighted by molar-refractivity contribution is -0.121. The standard InChI is InChI=1S/C15H20N2O2/c1-4-5-13(18)16-9-10-6-7-12-11(8-10)15(2,3)14(19)17-12/h6-8H,4-5,9H2,1-3H3,(H,16,18)(H,17,19). The molecule has 1 aliphatic heterocycles. The van der Waals surface area contributed by atoms with Gasteiger partial charge in [-0.15, -0.1) is 0 Å². The molecule has 2 N–H and O–H groups in total. The van der Waals surface area contributed by atoms with Crippen LogP contribution in [0.3, 0.4) is 0 Å². The maximum Gasteiger partial charge on any atom is 0.234 e. The van der Waals surface area contributed by atoms with Crippen LogP contribution < -0.4 is 10.6 Å². The molecular formula is C15H20N2O2. The molecular weight excluding hydrogens is 240 g/mol. The fourth-order valence-corrected chi connectivity index (χ4v) is 2.24. The van der Waals surface area contributed by atoms with Crippen molar-refractivity contribution in [2.45, 2.75) is 45.6 Å². The molecule has 1 aliphatic rings. The summed E-state index contributed by atoms with van der Waals surface area (Å²) in [4.78, 5) is 23.3. The summed E-state index contributed by atoms with van der Waals surface area (Å²) in [6.07, 6.45) is 1.40. The van der Waals surface area contributed by atoms with Gasteiger partial charge in [0, 0.05) is 18.7 Å². The molecule has 19 heavy (non-hydrogen) atoms. The molecule has 102 valence electrons. The van der Waals surface area contributed by atoms with E-state index in [-0.39, 0.29) is 11.8 Å². The highest BCUT2D eigenvalue weighted by Crippen LogP contribution is 2.37. The minimum Gasteiger partial charge on any atom is -0.352 e. The second-order valence-electron chi connectivity index (χ2n) is 5.49. The number of hydrogen-bond acceptors (Lipinski definition) is 2. The maximum absolute atomic E-state index is 11.8. The van der Waals surface area contributed by atoms with Crippen LogP contribution in [0.1, 0.15) is 44.7 Å². The Kier molecular flexibility index (Phi) is 3.60. The van der Waals surface area contributed by atoms with Crippen molar-refractivity contribution in [2.75, 3.05) is 5.32 Å². The second-order valence-corrected chi connectivity index (χ2v) is 5.49. The zero-order valence-electron chi connectivity index (χ0n) is 11.7. The van der Waals surface area contributed by atoms with Gasteiger partial charge in [-0.2, -0.15) is 0 Å². The van der Waals surface area contributed by atoms with Crippen LogP contribution in [0.4, 0.5) is 5.69 Å². The predicted molar refractivity (Wildman–Crippen MR) is 74.9 cm³/mol. The van der Waals surface area contributed by atoms with E-state index in [4.69, 9.17) is 0 Å².